The fourth-order valence-corrected chi connectivity index (χ4v) is 3.04. The van der Waals surface area contributed by atoms with Crippen LogP contribution in [0.5, 0.6) is 0 Å². The molecule has 0 aliphatic heterocycles. The molecule has 3 aromatic rings. The van der Waals surface area contributed by atoms with Crippen molar-refractivity contribution in [2.45, 2.75) is 20.0 Å². The molecule has 25 heavy (non-hydrogen) atoms. The highest BCUT2D eigenvalue weighted by atomic mass is 32.1. The van der Waals surface area contributed by atoms with Crippen LogP contribution in [0.25, 0.3) is 10.9 Å². The molecule has 2 aromatic carbocycles. The fraction of sp³-hybridized carbons (Fsp3) is 0.200. The Hall–Kier alpha value is -2.66. The van der Waals surface area contributed by atoms with Crippen LogP contribution in [0.4, 0.5) is 0 Å². The van der Waals surface area contributed by atoms with Crippen molar-refractivity contribution in [1.29, 1.82) is 0 Å². The number of rotatable bonds is 4. The summed E-state index contributed by atoms with van der Waals surface area (Å²) in [6.07, 6.45) is 0. The molecule has 0 aliphatic rings. The zero-order valence-electron chi connectivity index (χ0n) is 14.4. The molecule has 1 heterocycles. The van der Waals surface area contributed by atoms with Gasteiger partial charge >= 0.3 is 0 Å². The van der Waals surface area contributed by atoms with Crippen LogP contribution in [0.3, 0.4) is 0 Å². The Morgan fingerprint density at radius 1 is 1.12 bits per heavy atom. The molecule has 0 saturated carbocycles. The van der Waals surface area contributed by atoms with E-state index in [4.69, 9.17) is 12.2 Å². The highest BCUT2D eigenvalue weighted by Gasteiger charge is 2.13. The number of aromatic amines is 1. The van der Waals surface area contributed by atoms with Crippen molar-refractivity contribution >= 4 is 28.2 Å². The highest BCUT2D eigenvalue weighted by Crippen LogP contribution is 2.16. The van der Waals surface area contributed by atoms with E-state index in [1.165, 1.54) is 0 Å². The molecule has 5 heteroatoms. The molecule has 0 unspecified atom stereocenters. The molecule has 128 valence electrons. The SMILES string of the molecule is CNC(=S)N(Cc1ccccc1)Cc1cc2cccc(C)c2[nH]c1=O. The lowest BCUT2D eigenvalue weighted by Crippen LogP contribution is -2.38. The van der Waals surface area contributed by atoms with Gasteiger partial charge in [-0.25, -0.2) is 0 Å². The van der Waals surface area contributed by atoms with E-state index < -0.39 is 0 Å². The summed E-state index contributed by atoms with van der Waals surface area (Å²) in [4.78, 5) is 17.5. The van der Waals surface area contributed by atoms with Gasteiger partial charge in [0.25, 0.3) is 5.56 Å². The third kappa shape index (κ3) is 3.88. The van der Waals surface area contributed by atoms with Gasteiger partial charge in [-0.2, -0.15) is 0 Å². The molecule has 3 rings (SSSR count). The van der Waals surface area contributed by atoms with E-state index in [0.29, 0.717) is 23.8 Å². The topological polar surface area (TPSA) is 48.1 Å². The van der Waals surface area contributed by atoms with Crippen molar-refractivity contribution in [2.24, 2.45) is 0 Å². The van der Waals surface area contributed by atoms with Gasteiger partial charge in [0.05, 0.1) is 12.1 Å². The summed E-state index contributed by atoms with van der Waals surface area (Å²) in [5.41, 5.74) is 3.73. The van der Waals surface area contributed by atoms with Gasteiger partial charge in [-0.1, -0.05) is 48.5 Å². The lowest BCUT2D eigenvalue weighted by atomic mass is 10.1. The van der Waals surface area contributed by atoms with Crippen molar-refractivity contribution in [3.05, 3.63) is 81.6 Å². The van der Waals surface area contributed by atoms with Crippen LogP contribution in [-0.4, -0.2) is 22.0 Å². The minimum absolute atomic E-state index is 0.0706. The number of hydrogen-bond acceptors (Lipinski definition) is 2. The van der Waals surface area contributed by atoms with Crippen LogP contribution in [0.2, 0.25) is 0 Å². The first-order chi connectivity index (χ1) is 12.1. The van der Waals surface area contributed by atoms with E-state index in [1.54, 1.807) is 7.05 Å². The summed E-state index contributed by atoms with van der Waals surface area (Å²) in [6.45, 7) is 3.09. The maximum Gasteiger partial charge on any atom is 0.253 e. The second-order valence-electron chi connectivity index (χ2n) is 6.06. The molecular formula is C20H21N3OS. The third-order valence-electron chi connectivity index (χ3n) is 4.24. The van der Waals surface area contributed by atoms with Gasteiger partial charge in [-0.05, 0) is 41.7 Å². The van der Waals surface area contributed by atoms with E-state index >= 15 is 0 Å². The molecule has 0 aliphatic carbocycles. The first-order valence-corrected chi connectivity index (χ1v) is 8.61. The van der Waals surface area contributed by atoms with Gasteiger partial charge in [-0.15, -0.1) is 0 Å². The smallest absolute Gasteiger partial charge is 0.253 e. The number of pyridine rings is 1. The number of benzene rings is 2. The molecule has 1 aromatic heterocycles. The second-order valence-corrected chi connectivity index (χ2v) is 6.45. The monoisotopic (exact) mass is 351 g/mol. The number of aromatic nitrogens is 1. The minimum Gasteiger partial charge on any atom is -0.366 e. The van der Waals surface area contributed by atoms with Gasteiger partial charge in [-0.3, -0.25) is 4.79 Å². The highest BCUT2D eigenvalue weighted by molar-refractivity contribution is 7.80. The Bertz CT molecular complexity index is 950. The van der Waals surface area contributed by atoms with E-state index in [1.807, 2.05) is 54.3 Å². The maximum absolute atomic E-state index is 12.5. The molecule has 0 spiro atoms. The Balaban J connectivity index is 1.94. The summed E-state index contributed by atoms with van der Waals surface area (Å²) in [7, 11) is 1.80. The summed E-state index contributed by atoms with van der Waals surface area (Å²) in [5, 5.41) is 4.67. The minimum atomic E-state index is -0.0706. The lowest BCUT2D eigenvalue weighted by Gasteiger charge is -2.25. The van der Waals surface area contributed by atoms with Crippen LogP contribution in [0.15, 0.2) is 59.4 Å². The van der Waals surface area contributed by atoms with Gasteiger partial charge in [0, 0.05) is 19.2 Å². The van der Waals surface area contributed by atoms with Crippen molar-refractivity contribution in [3.8, 4) is 0 Å². The molecule has 0 fully saturated rings. The van der Waals surface area contributed by atoms with Crippen LogP contribution < -0.4 is 10.9 Å². The molecule has 0 atom stereocenters. The average Bonchev–Trinajstić information content (AvgIpc) is 2.63. The van der Waals surface area contributed by atoms with Gasteiger partial charge in [0.15, 0.2) is 5.11 Å². The largest absolute Gasteiger partial charge is 0.366 e. The number of nitrogens with one attached hydrogen (secondary N) is 2. The van der Waals surface area contributed by atoms with Crippen molar-refractivity contribution < 1.29 is 0 Å². The Morgan fingerprint density at radius 2 is 1.88 bits per heavy atom. The van der Waals surface area contributed by atoms with Crippen molar-refractivity contribution in [1.82, 2.24) is 15.2 Å². The molecule has 0 saturated heterocycles. The Labute approximate surface area is 152 Å². The van der Waals surface area contributed by atoms with E-state index in [0.717, 1.165) is 22.0 Å². The lowest BCUT2D eigenvalue weighted by molar-refractivity contribution is 0.401. The van der Waals surface area contributed by atoms with Crippen LogP contribution in [-0.2, 0) is 13.1 Å². The summed E-state index contributed by atoms with van der Waals surface area (Å²) in [6, 6.07) is 18.1. The third-order valence-corrected chi connectivity index (χ3v) is 4.71. The standard InChI is InChI=1S/C20H21N3OS/c1-14-7-6-10-16-11-17(19(24)22-18(14)16)13-23(20(25)21-2)12-15-8-4-3-5-9-15/h3-11H,12-13H2,1-2H3,(H,21,25)(H,22,24). The predicted molar refractivity (Wildman–Crippen MR) is 107 cm³/mol. The molecule has 0 radical (unpaired) electrons. The number of H-pyrrole nitrogens is 1. The van der Waals surface area contributed by atoms with Crippen LogP contribution in [0.1, 0.15) is 16.7 Å². The quantitative estimate of drug-likeness (QED) is 0.708. The summed E-state index contributed by atoms with van der Waals surface area (Å²) < 4.78 is 0. The second kappa shape index (κ2) is 7.49. The van der Waals surface area contributed by atoms with Gasteiger partial charge < -0.3 is 15.2 Å². The zero-order chi connectivity index (χ0) is 17.8. The van der Waals surface area contributed by atoms with E-state index in [-0.39, 0.29) is 5.56 Å². The van der Waals surface area contributed by atoms with E-state index in [2.05, 4.69) is 22.4 Å². The Morgan fingerprint density at radius 3 is 2.60 bits per heavy atom. The number of para-hydroxylation sites is 1. The Kier molecular flexibility index (Phi) is 5.14. The maximum atomic E-state index is 12.5. The van der Waals surface area contributed by atoms with Crippen LogP contribution in [0, 0.1) is 6.92 Å². The normalized spacial score (nSPS) is 10.6. The van der Waals surface area contributed by atoms with Crippen molar-refractivity contribution in [3.63, 3.8) is 0 Å². The zero-order valence-corrected chi connectivity index (χ0v) is 15.2. The van der Waals surface area contributed by atoms with E-state index in [9.17, 15) is 4.79 Å². The number of thiocarbonyl (C=S) groups is 1. The average molecular weight is 351 g/mol. The number of fused-ring (bicyclic) bond motifs is 1. The van der Waals surface area contributed by atoms with Gasteiger partial charge in [0.1, 0.15) is 0 Å². The van der Waals surface area contributed by atoms with Crippen molar-refractivity contribution in [2.75, 3.05) is 7.05 Å². The number of aryl methyl sites for hydroxylation is 1. The summed E-state index contributed by atoms with van der Waals surface area (Å²) in [5.74, 6) is 0. The molecular weight excluding hydrogens is 330 g/mol. The first kappa shape index (κ1) is 17.2. The number of nitrogens with zero attached hydrogens (tertiary/aromatic N) is 1. The first-order valence-electron chi connectivity index (χ1n) is 8.20. The molecule has 2 N–H and O–H groups in total. The van der Waals surface area contributed by atoms with Gasteiger partial charge in [0.2, 0.25) is 0 Å². The fourth-order valence-electron chi connectivity index (χ4n) is 2.91. The summed E-state index contributed by atoms with van der Waals surface area (Å²) >= 11 is 5.44. The molecule has 0 bridgehead atoms. The predicted octanol–water partition coefficient (Wildman–Crippen LogP) is 3.34. The van der Waals surface area contributed by atoms with Crippen LogP contribution >= 0.6 is 12.2 Å². The molecule has 4 nitrogen and oxygen atoms in total. The number of hydrogen-bond donors (Lipinski definition) is 2. The molecule has 0 amide bonds.